The van der Waals surface area contributed by atoms with Crippen molar-refractivity contribution in [1.82, 2.24) is 20.2 Å². The normalized spacial score (nSPS) is 28.4. The van der Waals surface area contributed by atoms with Crippen molar-refractivity contribution in [3.05, 3.63) is 76.9 Å². The number of allylic oxidation sites excluding steroid dienone is 4. The highest BCUT2D eigenvalue weighted by Gasteiger charge is 2.65. The molecule has 1 amide bonds. The number of rotatable bonds is 4. The van der Waals surface area contributed by atoms with Gasteiger partial charge in [-0.1, -0.05) is 37.3 Å². The number of nitrogens with zero attached hydrogens (tertiary/aromatic N) is 5. The molecule has 7 rings (SSSR count). The lowest BCUT2D eigenvalue weighted by atomic mass is 9.82. The molecule has 1 saturated carbocycles. The molecule has 0 bridgehead atoms. The van der Waals surface area contributed by atoms with E-state index in [4.69, 9.17) is 9.97 Å². The monoisotopic (exact) mass is 494 g/mol. The Morgan fingerprint density at radius 1 is 1.24 bits per heavy atom. The highest BCUT2D eigenvalue weighted by Crippen LogP contribution is 2.65. The third kappa shape index (κ3) is 3.14. The van der Waals surface area contributed by atoms with Gasteiger partial charge in [0.2, 0.25) is 5.65 Å². The second kappa shape index (κ2) is 8.03. The van der Waals surface area contributed by atoms with Crippen molar-refractivity contribution in [2.75, 3.05) is 18.0 Å². The van der Waals surface area contributed by atoms with Crippen LogP contribution in [0.2, 0.25) is 0 Å². The minimum Gasteiger partial charge on any atom is -0.355 e. The molecule has 7 nitrogen and oxygen atoms in total. The number of carbonyl (C=O) groups excluding carboxylic acids is 1. The smallest absolute Gasteiger partial charge is 0.257 e. The molecule has 37 heavy (non-hydrogen) atoms. The summed E-state index contributed by atoms with van der Waals surface area (Å²) in [4.78, 5) is 28.0. The quantitative estimate of drug-likeness (QED) is 0.563. The number of H-pyrrole nitrogens is 1. The molecular weight excluding hydrogens is 467 g/mol. The van der Waals surface area contributed by atoms with Gasteiger partial charge in [0, 0.05) is 30.3 Å². The van der Waals surface area contributed by atoms with Crippen LogP contribution in [0.15, 0.2) is 64.8 Å². The van der Waals surface area contributed by atoms with Crippen LogP contribution in [0, 0.1) is 23.6 Å². The fourth-order valence-electron chi connectivity index (χ4n) is 7.06. The summed E-state index contributed by atoms with van der Waals surface area (Å²) in [5, 5.41) is 7.61. The zero-order chi connectivity index (χ0) is 25.3. The van der Waals surface area contributed by atoms with E-state index in [1.807, 2.05) is 43.5 Å². The molecule has 1 saturated heterocycles. The van der Waals surface area contributed by atoms with Crippen LogP contribution < -0.4 is 4.90 Å². The lowest BCUT2D eigenvalue weighted by Crippen LogP contribution is -2.32. The van der Waals surface area contributed by atoms with E-state index in [1.165, 1.54) is 0 Å². The van der Waals surface area contributed by atoms with Crippen LogP contribution in [0.3, 0.4) is 0 Å². The Balaban J connectivity index is 1.18. The maximum Gasteiger partial charge on any atom is 0.257 e. The van der Waals surface area contributed by atoms with Crippen molar-refractivity contribution in [2.24, 2.45) is 22.7 Å². The van der Waals surface area contributed by atoms with E-state index < -0.39 is 0 Å². The van der Waals surface area contributed by atoms with Crippen LogP contribution in [0.25, 0.3) is 16.7 Å². The zero-order valence-corrected chi connectivity index (χ0v) is 20.8. The predicted molar refractivity (Wildman–Crippen MR) is 141 cm³/mol. The molecule has 0 radical (unpaired) electrons. The second-order valence-electron chi connectivity index (χ2n) is 10.4. The predicted octanol–water partition coefficient (Wildman–Crippen LogP) is 4.79. The summed E-state index contributed by atoms with van der Waals surface area (Å²) >= 11 is 0. The number of halogens is 1. The number of piperidine rings is 1. The Labute approximate surface area is 213 Å². The molecule has 186 valence electrons. The number of aliphatic imine (C=N–C) groups is 1. The fraction of sp³-hybridized carbons (Fsp3) is 0.345. The molecular formula is C29H27FN6O. The van der Waals surface area contributed by atoms with Crippen LogP contribution in [-0.4, -0.2) is 45.4 Å². The van der Waals surface area contributed by atoms with Gasteiger partial charge in [-0.2, -0.15) is 5.10 Å². The molecule has 3 aromatic rings. The number of carbonyl (C=O) groups is 1. The number of fused-ring (bicyclic) bond motifs is 3. The van der Waals surface area contributed by atoms with Crippen LogP contribution in [0.5, 0.6) is 0 Å². The number of hydrogen-bond acceptors (Lipinski definition) is 5. The molecule has 1 aromatic carbocycles. The van der Waals surface area contributed by atoms with Gasteiger partial charge in [-0.25, -0.2) is 19.4 Å². The summed E-state index contributed by atoms with van der Waals surface area (Å²) < 4.78 is 14.8. The summed E-state index contributed by atoms with van der Waals surface area (Å²) in [5.74, 6) is 1.14. The number of amides is 1. The molecule has 4 atom stereocenters. The van der Waals surface area contributed by atoms with E-state index in [0.29, 0.717) is 23.0 Å². The topological polar surface area (TPSA) is 87.1 Å². The molecule has 2 fully saturated rings. The second-order valence-corrected chi connectivity index (χ2v) is 10.4. The van der Waals surface area contributed by atoms with Crippen LogP contribution in [-0.2, 0) is 10.2 Å². The molecule has 8 heteroatoms. The molecule has 4 aliphatic rings. The van der Waals surface area contributed by atoms with E-state index in [1.54, 1.807) is 18.3 Å². The number of nitrogens with one attached hydrogen (secondary N) is 1. The Morgan fingerprint density at radius 2 is 2.11 bits per heavy atom. The highest BCUT2D eigenvalue weighted by atomic mass is 19.1. The number of anilines is 1. The van der Waals surface area contributed by atoms with Gasteiger partial charge in [-0.15, -0.1) is 0 Å². The van der Waals surface area contributed by atoms with Crippen LogP contribution in [0.1, 0.15) is 37.9 Å². The van der Waals surface area contributed by atoms with Crippen molar-refractivity contribution >= 4 is 34.7 Å². The number of aromatic amines is 1. The first-order valence-corrected chi connectivity index (χ1v) is 12.9. The maximum absolute atomic E-state index is 14.8. The van der Waals surface area contributed by atoms with Gasteiger partial charge in [0.15, 0.2) is 0 Å². The van der Waals surface area contributed by atoms with Gasteiger partial charge in [0.1, 0.15) is 17.2 Å². The van der Waals surface area contributed by atoms with E-state index >= 15 is 0 Å². The van der Waals surface area contributed by atoms with Gasteiger partial charge in [-0.05, 0) is 60.5 Å². The molecule has 1 unspecified atom stereocenters. The third-order valence-electron chi connectivity index (χ3n) is 8.98. The summed E-state index contributed by atoms with van der Waals surface area (Å²) in [7, 11) is 0. The van der Waals surface area contributed by atoms with Gasteiger partial charge < -0.3 is 4.90 Å². The molecule has 1 N–H and O–H groups in total. The standard InChI is InChI=1S/C29H27FN6O/c1-3-29(21-6-4-5-7-23(21)30)20-11-13-36(15-22(20)29)24-14-32-26-25(34-35-27(26)33-24)18-8-9-19-17(16(18)2)10-12-31-28(19)37/h4-10,12,14,19-20,22H,3,11,13,15H2,1-2H3,(H,33,34,35)/t19?,20-,22+,29-/m1/s1. The number of hydrogen-bond donors (Lipinski definition) is 1. The SMILES string of the molecule is CC[C@]1(c2ccccc2F)[C@@H]2CCN(c3cnc4c(C5=C(C)C6=CC=NC(=O)C6C=C5)[nH]nc4n3)C[C@@H]21. The minimum atomic E-state index is -0.328. The van der Waals surface area contributed by atoms with E-state index in [-0.39, 0.29) is 23.1 Å². The molecule has 2 aliphatic heterocycles. The van der Waals surface area contributed by atoms with E-state index in [2.05, 4.69) is 27.0 Å². The van der Waals surface area contributed by atoms with Gasteiger partial charge in [0.05, 0.1) is 17.8 Å². The average molecular weight is 495 g/mol. The lowest BCUT2D eigenvalue weighted by Gasteiger charge is -2.27. The van der Waals surface area contributed by atoms with Crippen LogP contribution in [0.4, 0.5) is 10.2 Å². The summed E-state index contributed by atoms with van der Waals surface area (Å²) in [6.45, 7) is 5.89. The average Bonchev–Trinajstić information content (AvgIpc) is 3.38. The van der Waals surface area contributed by atoms with Crippen molar-refractivity contribution in [1.29, 1.82) is 0 Å². The Bertz CT molecular complexity index is 1580. The fourth-order valence-corrected chi connectivity index (χ4v) is 7.06. The molecule has 2 aliphatic carbocycles. The summed E-state index contributed by atoms with van der Waals surface area (Å²) in [6, 6.07) is 7.26. The van der Waals surface area contributed by atoms with Crippen molar-refractivity contribution < 1.29 is 9.18 Å². The Morgan fingerprint density at radius 3 is 2.95 bits per heavy atom. The number of dihydropyridines is 1. The molecule has 2 aromatic heterocycles. The van der Waals surface area contributed by atoms with Gasteiger partial charge in [-0.3, -0.25) is 9.89 Å². The molecule has 4 heterocycles. The zero-order valence-electron chi connectivity index (χ0n) is 20.8. The van der Waals surface area contributed by atoms with E-state index in [9.17, 15) is 9.18 Å². The molecule has 0 spiro atoms. The lowest BCUT2D eigenvalue weighted by molar-refractivity contribution is -0.119. The summed E-state index contributed by atoms with van der Waals surface area (Å²) in [6.07, 6.45) is 11.1. The first kappa shape index (κ1) is 22.3. The Kier molecular flexibility index (Phi) is 4.83. The van der Waals surface area contributed by atoms with E-state index in [0.717, 1.165) is 59.7 Å². The first-order chi connectivity index (χ1) is 18.0. The van der Waals surface area contributed by atoms with Crippen molar-refractivity contribution in [3.8, 4) is 0 Å². The number of benzene rings is 1. The first-order valence-electron chi connectivity index (χ1n) is 12.9. The maximum atomic E-state index is 14.8. The highest BCUT2D eigenvalue weighted by molar-refractivity contribution is 6.02. The number of aromatic nitrogens is 4. The minimum absolute atomic E-state index is 0.0911. The van der Waals surface area contributed by atoms with Gasteiger partial charge >= 0.3 is 0 Å². The third-order valence-corrected chi connectivity index (χ3v) is 8.98. The summed E-state index contributed by atoms with van der Waals surface area (Å²) in [5.41, 5.74) is 5.73. The Hall–Kier alpha value is -3.94. The van der Waals surface area contributed by atoms with Crippen molar-refractivity contribution in [3.63, 3.8) is 0 Å². The van der Waals surface area contributed by atoms with Crippen molar-refractivity contribution in [2.45, 2.75) is 32.1 Å². The van der Waals surface area contributed by atoms with Gasteiger partial charge in [0.25, 0.3) is 5.91 Å². The van der Waals surface area contributed by atoms with Crippen LogP contribution >= 0.6 is 0 Å². The largest absolute Gasteiger partial charge is 0.355 e.